The first kappa shape index (κ1) is 24.5. The Kier molecular flexibility index (Phi) is 8.65. The van der Waals surface area contributed by atoms with E-state index in [0.29, 0.717) is 16.1 Å². The predicted molar refractivity (Wildman–Crippen MR) is 130 cm³/mol. The highest BCUT2D eigenvalue weighted by molar-refractivity contribution is 8.00. The maximum atomic E-state index is 13.1. The first-order valence-corrected chi connectivity index (χ1v) is 11.9. The average Bonchev–Trinajstić information content (AvgIpc) is 2.83. The van der Waals surface area contributed by atoms with Crippen LogP contribution in [0.2, 0.25) is 0 Å². The van der Waals surface area contributed by atoms with Crippen molar-refractivity contribution < 1.29 is 14.3 Å². The summed E-state index contributed by atoms with van der Waals surface area (Å²) in [5.74, 6) is -0.550. The molecule has 33 heavy (non-hydrogen) atoms. The number of carbonyl (C=O) groups is 2. The molecule has 0 bridgehead atoms. The van der Waals surface area contributed by atoms with E-state index in [9.17, 15) is 14.4 Å². The molecule has 7 nitrogen and oxygen atoms in total. The molecule has 1 aromatic heterocycles. The highest BCUT2D eigenvalue weighted by atomic mass is 32.2. The lowest BCUT2D eigenvalue weighted by molar-refractivity contribution is -0.140. The molecular formula is C25H29N3O4S. The van der Waals surface area contributed by atoms with Crippen LogP contribution in [0.15, 0.2) is 64.5 Å². The Bertz CT molecular complexity index is 1160. The zero-order valence-corrected chi connectivity index (χ0v) is 19.9. The van der Waals surface area contributed by atoms with Crippen LogP contribution in [0.25, 0.3) is 10.9 Å². The van der Waals surface area contributed by atoms with Crippen LogP contribution in [0.5, 0.6) is 0 Å². The largest absolute Gasteiger partial charge is 0.469 e. The topological polar surface area (TPSA) is 90.3 Å². The maximum absolute atomic E-state index is 13.1. The summed E-state index contributed by atoms with van der Waals surface area (Å²) in [7, 11) is 1.31. The van der Waals surface area contributed by atoms with E-state index in [4.69, 9.17) is 4.74 Å². The third-order valence-corrected chi connectivity index (χ3v) is 6.43. The Labute approximate surface area is 197 Å². The van der Waals surface area contributed by atoms with Crippen molar-refractivity contribution in [2.24, 2.45) is 0 Å². The zero-order chi connectivity index (χ0) is 23.8. The number of methoxy groups -OCH3 is 1. The third-order valence-electron chi connectivity index (χ3n) is 5.34. The zero-order valence-electron chi connectivity index (χ0n) is 19.1. The first-order valence-electron chi connectivity index (χ1n) is 11.0. The molecule has 0 fully saturated rings. The van der Waals surface area contributed by atoms with Crippen molar-refractivity contribution in [2.75, 3.05) is 7.11 Å². The van der Waals surface area contributed by atoms with Gasteiger partial charge in [0.1, 0.15) is 0 Å². The monoisotopic (exact) mass is 467 g/mol. The van der Waals surface area contributed by atoms with Gasteiger partial charge in [0.25, 0.3) is 5.56 Å². The molecule has 3 aromatic rings. The molecule has 0 saturated carbocycles. The lowest BCUT2D eigenvalue weighted by Gasteiger charge is -2.21. The minimum Gasteiger partial charge on any atom is -0.469 e. The minimum absolute atomic E-state index is 0.0388. The predicted octanol–water partition coefficient (Wildman–Crippen LogP) is 4.10. The molecule has 0 radical (unpaired) electrons. The second kappa shape index (κ2) is 11.7. The molecule has 0 spiro atoms. The van der Waals surface area contributed by atoms with Crippen LogP contribution in [0.4, 0.5) is 0 Å². The van der Waals surface area contributed by atoms with Crippen molar-refractivity contribution in [1.82, 2.24) is 14.9 Å². The molecule has 2 aromatic carbocycles. The van der Waals surface area contributed by atoms with Crippen molar-refractivity contribution in [3.05, 3.63) is 70.5 Å². The fourth-order valence-corrected chi connectivity index (χ4v) is 4.48. The number of nitrogens with zero attached hydrogens (tertiary/aromatic N) is 2. The summed E-state index contributed by atoms with van der Waals surface area (Å²) in [6, 6.07) is 16.9. The third kappa shape index (κ3) is 6.22. The van der Waals surface area contributed by atoms with Gasteiger partial charge in [0.05, 0.1) is 35.7 Å². The summed E-state index contributed by atoms with van der Waals surface area (Å²) in [5.41, 5.74) is 1.37. The van der Waals surface area contributed by atoms with E-state index in [1.807, 2.05) is 36.4 Å². The Morgan fingerprint density at radius 3 is 2.52 bits per heavy atom. The number of hydrogen-bond acceptors (Lipinski definition) is 6. The molecule has 0 aliphatic carbocycles. The number of hydrogen-bond donors (Lipinski definition) is 1. The van der Waals surface area contributed by atoms with E-state index in [1.165, 1.54) is 23.4 Å². The van der Waals surface area contributed by atoms with Gasteiger partial charge in [0.15, 0.2) is 5.16 Å². The number of carbonyl (C=O) groups excluding carboxylic acids is 2. The number of nitrogens with one attached hydrogen (secondary N) is 1. The second-order valence-corrected chi connectivity index (χ2v) is 9.02. The van der Waals surface area contributed by atoms with Crippen molar-refractivity contribution in [1.29, 1.82) is 0 Å². The van der Waals surface area contributed by atoms with Gasteiger partial charge in [-0.3, -0.25) is 19.0 Å². The molecule has 1 amide bonds. The number of para-hydroxylation sites is 1. The number of ether oxygens (including phenoxy) is 1. The Morgan fingerprint density at radius 1 is 1.12 bits per heavy atom. The number of amides is 1. The number of rotatable bonds is 10. The standard InChI is InChI=1S/C25H29N3O4S/c1-4-10-20(18-11-6-5-7-12-18)26-23(30)17(2)33-25-27-21-14-9-8-13-19(21)24(31)28(25)16-15-22(29)32-3/h5-9,11-14,17,20H,4,10,15-16H2,1-3H3,(H,26,30)/t17-,20+/m1/s1. The molecular weight excluding hydrogens is 438 g/mol. The fourth-order valence-electron chi connectivity index (χ4n) is 3.54. The van der Waals surface area contributed by atoms with Crippen molar-refractivity contribution >= 4 is 34.5 Å². The average molecular weight is 468 g/mol. The van der Waals surface area contributed by atoms with Gasteiger partial charge in [-0.1, -0.05) is 67.6 Å². The van der Waals surface area contributed by atoms with Crippen LogP contribution in [-0.2, 0) is 20.9 Å². The summed E-state index contributed by atoms with van der Waals surface area (Å²) in [6.45, 7) is 4.00. The van der Waals surface area contributed by atoms with E-state index in [1.54, 1.807) is 25.1 Å². The SMILES string of the molecule is CCC[C@H](NC(=O)[C@@H](C)Sc1nc2ccccc2c(=O)n1CCC(=O)OC)c1ccccc1. The Balaban J connectivity index is 1.85. The summed E-state index contributed by atoms with van der Waals surface area (Å²) < 4.78 is 6.17. The molecule has 174 valence electrons. The normalized spacial score (nSPS) is 12.8. The number of thioether (sulfide) groups is 1. The van der Waals surface area contributed by atoms with Crippen LogP contribution in [0.1, 0.15) is 44.7 Å². The van der Waals surface area contributed by atoms with Crippen LogP contribution >= 0.6 is 11.8 Å². The number of benzene rings is 2. The van der Waals surface area contributed by atoms with E-state index in [2.05, 4.69) is 17.2 Å². The number of esters is 1. The van der Waals surface area contributed by atoms with Gasteiger partial charge in [-0.25, -0.2) is 4.98 Å². The van der Waals surface area contributed by atoms with E-state index < -0.39 is 11.2 Å². The van der Waals surface area contributed by atoms with Crippen LogP contribution in [-0.4, -0.2) is 33.8 Å². The van der Waals surface area contributed by atoms with Gasteiger partial charge in [-0.05, 0) is 31.0 Å². The highest BCUT2D eigenvalue weighted by Crippen LogP contribution is 2.25. The van der Waals surface area contributed by atoms with E-state index in [0.717, 1.165) is 18.4 Å². The van der Waals surface area contributed by atoms with Crippen LogP contribution in [0.3, 0.4) is 0 Å². The molecule has 2 atom stereocenters. The highest BCUT2D eigenvalue weighted by Gasteiger charge is 2.22. The van der Waals surface area contributed by atoms with Gasteiger partial charge in [0, 0.05) is 6.54 Å². The molecule has 1 heterocycles. The Morgan fingerprint density at radius 2 is 1.82 bits per heavy atom. The molecule has 0 aliphatic rings. The molecule has 8 heteroatoms. The summed E-state index contributed by atoms with van der Waals surface area (Å²) >= 11 is 1.21. The van der Waals surface area contributed by atoms with Crippen molar-refractivity contribution in [3.8, 4) is 0 Å². The maximum Gasteiger partial charge on any atom is 0.307 e. The minimum atomic E-state index is -0.495. The summed E-state index contributed by atoms with van der Waals surface area (Å²) in [5, 5.41) is 3.51. The van der Waals surface area contributed by atoms with Gasteiger partial charge in [-0.2, -0.15) is 0 Å². The van der Waals surface area contributed by atoms with Crippen LogP contribution in [0, 0.1) is 0 Å². The fraction of sp³-hybridized carbons (Fsp3) is 0.360. The molecule has 1 N–H and O–H groups in total. The lowest BCUT2D eigenvalue weighted by Crippen LogP contribution is -2.35. The smallest absolute Gasteiger partial charge is 0.307 e. The van der Waals surface area contributed by atoms with Gasteiger partial charge >= 0.3 is 5.97 Å². The molecule has 0 aliphatic heterocycles. The first-order chi connectivity index (χ1) is 15.9. The van der Waals surface area contributed by atoms with Crippen LogP contribution < -0.4 is 10.9 Å². The lowest BCUT2D eigenvalue weighted by atomic mass is 10.0. The van der Waals surface area contributed by atoms with Gasteiger partial charge < -0.3 is 10.1 Å². The molecule has 3 rings (SSSR count). The summed E-state index contributed by atoms with van der Waals surface area (Å²) in [4.78, 5) is 42.5. The Hall–Kier alpha value is -3.13. The molecule has 0 unspecified atom stereocenters. The van der Waals surface area contributed by atoms with E-state index >= 15 is 0 Å². The number of aromatic nitrogens is 2. The van der Waals surface area contributed by atoms with Gasteiger partial charge in [-0.15, -0.1) is 0 Å². The quantitative estimate of drug-likeness (QED) is 0.274. The van der Waals surface area contributed by atoms with E-state index in [-0.39, 0.29) is 30.5 Å². The summed E-state index contributed by atoms with van der Waals surface area (Å²) in [6.07, 6.45) is 1.79. The van der Waals surface area contributed by atoms with Gasteiger partial charge in [0.2, 0.25) is 5.91 Å². The van der Waals surface area contributed by atoms with Crippen molar-refractivity contribution in [3.63, 3.8) is 0 Å². The van der Waals surface area contributed by atoms with Crippen molar-refractivity contribution in [2.45, 2.75) is 56.1 Å². The second-order valence-electron chi connectivity index (χ2n) is 7.72. The molecule has 0 saturated heterocycles. The number of fused-ring (bicyclic) bond motifs is 1.